The maximum absolute atomic E-state index is 13.7. The summed E-state index contributed by atoms with van der Waals surface area (Å²) in [6.07, 6.45) is 5.38. The van der Waals surface area contributed by atoms with Gasteiger partial charge < -0.3 is 20.5 Å². The molecule has 2 fully saturated rings. The molecule has 1 aliphatic carbocycles. The maximum Gasteiger partial charge on any atom is 0.243 e. The van der Waals surface area contributed by atoms with Crippen LogP contribution in [0.15, 0.2) is 18.3 Å². The fraction of sp³-hybridized carbons (Fsp3) is 0.545. The minimum atomic E-state index is -0.679. The Morgan fingerprint density at radius 3 is 2.52 bits per heavy atom. The number of hydrogen-bond acceptors (Lipinski definition) is 8. The van der Waals surface area contributed by atoms with Crippen molar-refractivity contribution in [2.24, 2.45) is 0 Å². The number of nitrogens with two attached hydrogens (primary N) is 1. The first-order valence-corrected chi connectivity index (χ1v) is 10.9. The molecule has 1 amide bonds. The van der Waals surface area contributed by atoms with Crippen LogP contribution >= 0.6 is 0 Å². The zero-order chi connectivity index (χ0) is 21.8. The number of fused-ring (bicyclic) bond motifs is 2. The highest BCUT2D eigenvalue weighted by atomic mass is 16.5. The molecule has 3 N–H and O–H groups in total. The fourth-order valence-corrected chi connectivity index (χ4v) is 5.37. The van der Waals surface area contributed by atoms with Crippen LogP contribution in [0.3, 0.4) is 0 Å². The van der Waals surface area contributed by atoms with E-state index in [0.717, 1.165) is 44.6 Å². The second-order valence-corrected chi connectivity index (χ2v) is 8.85. The second kappa shape index (κ2) is 7.42. The number of carbonyl (C=O) groups is 1. The van der Waals surface area contributed by atoms with E-state index >= 15 is 0 Å². The lowest BCUT2D eigenvalue weighted by Crippen LogP contribution is -2.45. The van der Waals surface area contributed by atoms with Gasteiger partial charge in [-0.2, -0.15) is 0 Å². The van der Waals surface area contributed by atoms with Gasteiger partial charge in [0, 0.05) is 13.1 Å². The van der Waals surface area contributed by atoms with Crippen LogP contribution in [0.25, 0.3) is 0 Å². The van der Waals surface area contributed by atoms with Crippen molar-refractivity contribution in [3.05, 3.63) is 29.7 Å². The summed E-state index contributed by atoms with van der Waals surface area (Å²) in [6.45, 7) is 5.32. The monoisotopic (exact) mass is 424 g/mol. The number of anilines is 4. The number of ether oxygens (including phenoxy) is 1. The molecule has 164 valence electrons. The van der Waals surface area contributed by atoms with Crippen molar-refractivity contribution in [2.75, 3.05) is 28.6 Å². The lowest BCUT2D eigenvalue weighted by molar-refractivity contribution is -0.122. The number of morpholine rings is 1. The van der Waals surface area contributed by atoms with Gasteiger partial charge in [0.1, 0.15) is 24.1 Å². The molecule has 5 rings (SSSR count). The minimum absolute atomic E-state index is 0.0285. The molecule has 4 heterocycles. The van der Waals surface area contributed by atoms with Gasteiger partial charge in [-0.25, -0.2) is 15.0 Å². The molecule has 3 aliphatic rings. The molecule has 9 heteroatoms. The van der Waals surface area contributed by atoms with Crippen molar-refractivity contribution in [1.82, 2.24) is 15.0 Å². The average Bonchev–Trinajstić information content (AvgIpc) is 3.32. The number of rotatable bonds is 3. The first-order chi connectivity index (χ1) is 14.9. The number of aliphatic hydroxyl groups is 1. The molecule has 0 bridgehead atoms. The predicted molar refractivity (Wildman–Crippen MR) is 116 cm³/mol. The number of hydrogen-bond donors (Lipinski definition) is 2. The Morgan fingerprint density at radius 2 is 1.90 bits per heavy atom. The quantitative estimate of drug-likeness (QED) is 0.769. The normalized spacial score (nSPS) is 24.8. The Bertz CT molecular complexity index is 995. The molecule has 9 nitrogen and oxygen atoms in total. The Labute approximate surface area is 181 Å². The average molecular weight is 425 g/mol. The van der Waals surface area contributed by atoms with Gasteiger partial charge in [-0.1, -0.05) is 12.8 Å². The molecule has 2 aromatic rings. The largest absolute Gasteiger partial charge is 0.388 e. The number of aromatic nitrogens is 3. The summed E-state index contributed by atoms with van der Waals surface area (Å²) in [5, 5.41) is 9.58. The van der Waals surface area contributed by atoms with Crippen LogP contribution in [0.1, 0.15) is 50.9 Å². The predicted octanol–water partition coefficient (Wildman–Crippen LogP) is 2.05. The van der Waals surface area contributed by atoms with Crippen LogP contribution in [0.2, 0.25) is 0 Å². The molecule has 0 unspecified atom stereocenters. The van der Waals surface area contributed by atoms with Gasteiger partial charge in [-0.15, -0.1) is 0 Å². The minimum Gasteiger partial charge on any atom is -0.388 e. The van der Waals surface area contributed by atoms with Gasteiger partial charge in [-0.3, -0.25) is 9.69 Å². The van der Waals surface area contributed by atoms with Gasteiger partial charge in [0.2, 0.25) is 5.91 Å². The lowest BCUT2D eigenvalue weighted by atomic mass is 9.80. The van der Waals surface area contributed by atoms with Crippen molar-refractivity contribution in [3.8, 4) is 0 Å². The number of nitrogen functional groups attached to an aromatic ring is 1. The van der Waals surface area contributed by atoms with E-state index in [1.165, 1.54) is 0 Å². The van der Waals surface area contributed by atoms with E-state index in [1.807, 2.05) is 12.1 Å². The smallest absolute Gasteiger partial charge is 0.243 e. The van der Waals surface area contributed by atoms with E-state index in [2.05, 4.69) is 33.7 Å². The van der Waals surface area contributed by atoms with Crippen molar-refractivity contribution >= 4 is 29.0 Å². The zero-order valence-corrected chi connectivity index (χ0v) is 17.9. The molecule has 1 saturated carbocycles. The van der Waals surface area contributed by atoms with Gasteiger partial charge in [-0.05, 0) is 38.8 Å². The lowest BCUT2D eigenvalue weighted by Gasteiger charge is -2.36. The summed E-state index contributed by atoms with van der Waals surface area (Å²) in [5.41, 5.74) is 6.95. The van der Waals surface area contributed by atoms with E-state index < -0.39 is 5.41 Å². The molecule has 2 aliphatic heterocycles. The highest BCUT2D eigenvalue weighted by Crippen LogP contribution is 2.54. The number of carbonyl (C=O) groups excluding carboxylic acids is 1. The van der Waals surface area contributed by atoms with Crippen molar-refractivity contribution in [1.29, 1.82) is 0 Å². The molecule has 1 saturated heterocycles. The summed E-state index contributed by atoms with van der Waals surface area (Å²) in [5.74, 6) is 1.80. The number of amides is 1. The van der Waals surface area contributed by atoms with E-state index in [1.54, 1.807) is 11.1 Å². The summed E-state index contributed by atoms with van der Waals surface area (Å²) >= 11 is 0. The third kappa shape index (κ3) is 3.14. The maximum atomic E-state index is 13.7. The summed E-state index contributed by atoms with van der Waals surface area (Å²) < 4.78 is 5.81. The van der Waals surface area contributed by atoms with Crippen molar-refractivity contribution in [3.63, 3.8) is 0 Å². The van der Waals surface area contributed by atoms with Gasteiger partial charge in [0.05, 0.1) is 35.1 Å². The highest BCUT2D eigenvalue weighted by Gasteiger charge is 2.55. The Balaban J connectivity index is 1.53. The number of pyridine rings is 1. The molecular weight excluding hydrogens is 396 g/mol. The topological polar surface area (TPSA) is 118 Å². The standard InChI is InChI=1S/C22H28N6O3/c1-13-10-27(11-14(2)31-13)17-6-5-15(9-24-17)28-20-18(19(23)25-16(12-29)26-20)22(21(28)30)7-3-4-8-22/h5-6,9,13-14,29H,3-4,7-8,10-12H2,1-2H3,(H2,23,25,26)/t13-,14+. The van der Waals surface area contributed by atoms with E-state index in [0.29, 0.717) is 17.1 Å². The molecule has 0 aromatic carbocycles. The van der Waals surface area contributed by atoms with E-state index in [9.17, 15) is 9.90 Å². The zero-order valence-electron chi connectivity index (χ0n) is 17.9. The molecule has 31 heavy (non-hydrogen) atoms. The van der Waals surface area contributed by atoms with Crippen molar-refractivity contribution in [2.45, 2.75) is 63.8 Å². The van der Waals surface area contributed by atoms with E-state index in [4.69, 9.17) is 10.5 Å². The summed E-state index contributed by atoms with van der Waals surface area (Å²) in [4.78, 5) is 30.9. The van der Waals surface area contributed by atoms with Crippen LogP contribution in [-0.4, -0.2) is 51.3 Å². The van der Waals surface area contributed by atoms with Gasteiger partial charge in [0.25, 0.3) is 0 Å². The molecule has 2 atom stereocenters. The Hall–Kier alpha value is -2.78. The summed E-state index contributed by atoms with van der Waals surface area (Å²) in [6, 6.07) is 3.84. The fourth-order valence-electron chi connectivity index (χ4n) is 5.37. The SMILES string of the molecule is C[C@@H]1CN(c2ccc(N3C(=O)C4(CCCC4)c4c(N)nc(CO)nc43)cn2)C[C@H](C)O1. The van der Waals surface area contributed by atoms with Crippen LogP contribution in [-0.2, 0) is 21.6 Å². The van der Waals surface area contributed by atoms with Crippen LogP contribution in [0.4, 0.5) is 23.1 Å². The molecular formula is C22H28N6O3. The Morgan fingerprint density at radius 1 is 1.19 bits per heavy atom. The third-order valence-electron chi connectivity index (χ3n) is 6.60. The summed E-state index contributed by atoms with van der Waals surface area (Å²) in [7, 11) is 0. The van der Waals surface area contributed by atoms with Crippen LogP contribution in [0, 0.1) is 0 Å². The third-order valence-corrected chi connectivity index (χ3v) is 6.60. The van der Waals surface area contributed by atoms with Crippen LogP contribution < -0.4 is 15.5 Å². The first kappa shape index (κ1) is 20.1. The number of aliphatic hydroxyl groups excluding tert-OH is 1. The van der Waals surface area contributed by atoms with Gasteiger partial charge in [0.15, 0.2) is 5.82 Å². The van der Waals surface area contributed by atoms with E-state index in [-0.39, 0.29) is 36.4 Å². The molecule has 1 spiro atoms. The highest BCUT2D eigenvalue weighted by molar-refractivity contribution is 6.13. The Kier molecular flexibility index (Phi) is 4.82. The first-order valence-electron chi connectivity index (χ1n) is 10.9. The number of nitrogens with zero attached hydrogens (tertiary/aromatic N) is 5. The van der Waals surface area contributed by atoms with Crippen LogP contribution in [0.5, 0.6) is 0 Å². The van der Waals surface area contributed by atoms with Crippen molar-refractivity contribution < 1.29 is 14.6 Å². The molecule has 0 radical (unpaired) electrons. The molecule has 2 aromatic heterocycles. The van der Waals surface area contributed by atoms with Gasteiger partial charge >= 0.3 is 0 Å². The second-order valence-electron chi connectivity index (χ2n) is 8.85.